The van der Waals surface area contributed by atoms with Crippen molar-refractivity contribution in [3.8, 4) is 0 Å². The lowest BCUT2D eigenvalue weighted by molar-refractivity contribution is -0.143. The predicted octanol–water partition coefficient (Wildman–Crippen LogP) is 4.16. The summed E-state index contributed by atoms with van der Waals surface area (Å²) in [6, 6.07) is 10.2. The van der Waals surface area contributed by atoms with Gasteiger partial charge in [-0.1, -0.05) is 43.2 Å². The zero-order valence-electron chi connectivity index (χ0n) is 12.2. The fraction of sp³-hybridized carbons (Fsp3) is 0.562. The Labute approximate surface area is 127 Å². The number of hydrogen-bond acceptors (Lipinski definition) is 3. The standard InChI is InChI=1S/C16H24ClNO2/c1-2-20-16(19)12-8-3-4-9-13-18(17)14-15-10-6-5-7-11-15/h5-7,10-11H,2-4,8-9,12-14H2,1H3. The van der Waals surface area contributed by atoms with Gasteiger partial charge < -0.3 is 4.74 Å². The van der Waals surface area contributed by atoms with Crippen LogP contribution in [0.1, 0.15) is 44.6 Å². The topological polar surface area (TPSA) is 29.5 Å². The van der Waals surface area contributed by atoms with E-state index in [0.29, 0.717) is 13.0 Å². The molecule has 0 spiro atoms. The van der Waals surface area contributed by atoms with Crippen LogP contribution in [0.25, 0.3) is 0 Å². The van der Waals surface area contributed by atoms with Gasteiger partial charge in [0.05, 0.1) is 6.61 Å². The van der Waals surface area contributed by atoms with E-state index in [1.54, 1.807) is 0 Å². The Morgan fingerprint density at radius 3 is 2.55 bits per heavy atom. The number of benzene rings is 1. The number of nitrogens with zero attached hydrogens (tertiary/aromatic N) is 1. The maximum atomic E-state index is 11.1. The van der Waals surface area contributed by atoms with Gasteiger partial charge in [-0.3, -0.25) is 4.79 Å². The quantitative estimate of drug-likeness (QED) is 0.369. The second-order valence-electron chi connectivity index (χ2n) is 4.80. The van der Waals surface area contributed by atoms with Crippen LogP contribution >= 0.6 is 11.8 Å². The zero-order valence-corrected chi connectivity index (χ0v) is 12.9. The van der Waals surface area contributed by atoms with Crippen LogP contribution in [0.5, 0.6) is 0 Å². The molecule has 1 rings (SSSR count). The first kappa shape index (κ1) is 17.0. The van der Waals surface area contributed by atoms with Crippen LogP contribution in [-0.2, 0) is 16.1 Å². The highest BCUT2D eigenvalue weighted by Crippen LogP contribution is 2.10. The van der Waals surface area contributed by atoms with E-state index in [2.05, 4.69) is 12.1 Å². The van der Waals surface area contributed by atoms with Crippen molar-refractivity contribution in [3.05, 3.63) is 35.9 Å². The fourth-order valence-electron chi connectivity index (χ4n) is 2.00. The van der Waals surface area contributed by atoms with Gasteiger partial charge in [0.1, 0.15) is 0 Å². The number of ether oxygens (including phenoxy) is 1. The Hall–Kier alpha value is -1.06. The Morgan fingerprint density at radius 2 is 1.85 bits per heavy atom. The molecule has 0 fully saturated rings. The van der Waals surface area contributed by atoms with Crippen molar-refractivity contribution < 1.29 is 9.53 Å². The monoisotopic (exact) mass is 297 g/mol. The molecule has 0 saturated heterocycles. The molecule has 0 aromatic heterocycles. The zero-order chi connectivity index (χ0) is 14.6. The summed E-state index contributed by atoms with van der Waals surface area (Å²) in [7, 11) is 0. The van der Waals surface area contributed by atoms with Gasteiger partial charge in [-0.05, 0) is 37.1 Å². The molecule has 1 aromatic carbocycles. The van der Waals surface area contributed by atoms with Crippen LogP contribution < -0.4 is 0 Å². The number of esters is 1. The summed E-state index contributed by atoms with van der Waals surface area (Å²) in [6.07, 6.45) is 4.63. The van der Waals surface area contributed by atoms with Crippen molar-refractivity contribution in [2.24, 2.45) is 0 Å². The van der Waals surface area contributed by atoms with Crippen molar-refractivity contribution in [2.45, 2.75) is 45.6 Å². The Bertz CT molecular complexity index is 370. The van der Waals surface area contributed by atoms with Gasteiger partial charge in [0.15, 0.2) is 0 Å². The second kappa shape index (κ2) is 10.7. The van der Waals surface area contributed by atoms with E-state index in [-0.39, 0.29) is 5.97 Å². The molecule has 0 radical (unpaired) electrons. The molecule has 0 saturated carbocycles. The summed E-state index contributed by atoms with van der Waals surface area (Å²) in [5.41, 5.74) is 1.23. The minimum atomic E-state index is -0.0875. The van der Waals surface area contributed by atoms with Gasteiger partial charge in [-0.25, -0.2) is 4.42 Å². The summed E-state index contributed by atoms with van der Waals surface area (Å²) >= 11 is 6.18. The number of carbonyl (C=O) groups is 1. The van der Waals surface area contributed by atoms with Crippen molar-refractivity contribution in [1.29, 1.82) is 0 Å². The molecule has 0 N–H and O–H groups in total. The molecule has 20 heavy (non-hydrogen) atoms. The van der Waals surface area contributed by atoms with E-state index >= 15 is 0 Å². The van der Waals surface area contributed by atoms with E-state index in [1.807, 2.05) is 29.5 Å². The predicted molar refractivity (Wildman–Crippen MR) is 82.4 cm³/mol. The van der Waals surface area contributed by atoms with Crippen LogP contribution in [0.2, 0.25) is 0 Å². The molecule has 0 amide bonds. The summed E-state index contributed by atoms with van der Waals surface area (Å²) in [5.74, 6) is -0.0875. The number of halogens is 1. The Morgan fingerprint density at radius 1 is 1.15 bits per heavy atom. The van der Waals surface area contributed by atoms with Gasteiger partial charge in [0.25, 0.3) is 0 Å². The summed E-state index contributed by atoms with van der Waals surface area (Å²) < 4.78 is 6.70. The van der Waals surface area contributed by atoms with E-state index in [9.17, 15) is 4.79 Å². The van der Waals surface area contributed by atoms with Gasteiger partial charge >= 0.3 is 5.97 Å². The van der Waals surface area contributed by atoms with E-state index in [1.165, 1.54) is 5.56 Å². The third-order valence-corrected chi connectivity index (χ3v) is 3.32. The van der Waals surface area contributed by atoms with Crippen LogP contribution in [0.3, 0.4) is 0 Å². The van der Waals surface area contributed by atoms with E-state index in [0.717, 1.165) is 38.8 Å². The van der Waals surface area contributed by atoms with Gasteiger partial charge in [-0.15, -0.1) is 0 Å². The maximum Gasteiger partial charge on any atom is 0.305 e. The fourth-order valence-corrected chi connectivity index (χ4v) is 2.26. The first-order chi connectivity index (χ1) is 9.72. The lowest BCUT2D eigenvalue weighted by atomic mass is 10.1. The lowest BCUT2D eigenvalue weighted by Crippen LogP contribution is -2.13. The maximum absolute atomic E-state index is 11.1. The highest BCUT2D eigenvalue weighted by atomic mass is 35.5. The molecule has 0 heterocycles. The smallest absolute Gasteiger partial charge is 0.305 e. The normalized spacial score (nSPS) is 10.8. The molecule has 112 valence electrons. The van der Waals surface area contributed by atoms with Crippen molar-refractivity contribution in [3.63, 3.8) is 0 Å². The van der Waals surface area contributed by atoms with Gasteiger partial charge in [0.2, 0.25) is 0 Å². The van der Waals surface area contributed by atoms with E-state index in [4.69, 9.17) is 16.5 Å². The van der Waals surface area contributed by atoms with Crippen LogP contribution in [0.15, 0.2) is 30.3 Å². The molecule has 0 aliphatic rings. The average Bonchev–Trinajstić information content (AvgIpc) is 2.44. The molecule has 0 unspecified atom stereocenters. The average molecular weight is 298 g/mol. The summed E-state index contributed by atoms with van der Waals surface area (Å²) in [5, 5.41) is 0. The third kappa shape index (κ3) is 8.18. The van der Waals surface area contributed by atoms with Crippen molar-refractivity contribution in [2.75, 3.05) is 13.2 Å². The Balaban J connectivity index is 1.99. The van der Waals surface area contributed by atoms with Crippen molar-refractivity contribution in [1.82, 2.24) is 4.42 Å². The number of hydrogen-bond donors (Lipinski definition) is 0. The van der Waals surface area contributed by atoms with Crippen LogP contribution in [-0.4, -0.2) is 23.5 Å². The number of unbranched alkanes of at least 4 members (excludes halogenated alkanes) is 3. The van der Waals surface area contributed by atoms with Crippen molar-refractivity contribution >= 4 is 17.7 Å². The Kier molecular flexibility index (Phi) is 9.09. The molecule has 4 heteroatoms. The summed E-state index contributed by atoms with van der Waals surface area (Å²) in [4.78, 5) is 11.1. The van der Waals surface area contributed by atoms with Gasteiger partial charge in [0, 0.05) is 19.5 Å². The molecule has 0 aliphatic carbocycles. The first-order valence-corrected chi connectivity index (χ1v) is 7.66. The minimum absolute atomic E-state index is 0.0875. The first-order valence-electron chi connectivity index (χ1n) is 7.32. The highest BCUT2D eigenvalue weighted by molar-refractivity contribution is 6.13. The van der Waals surface area contributed by atoms with Crippen LogP contribution in [0.4, 0.5) is 0 Å². The summed E-state index contributed by atoms with van der Waals surface area (Å²) in [6.45, 7) is 3.94. The minimum Gasteiger partial charge on any atom is -0.466 e. The molecule has 0 atom stereocenters. The molecule has 3 nitrogen and oxygen atoms in total. The molecular weight excluding hydrogens is 274 g/mol. The number of carbonyl (C=O) groups excluding carboxylic acids is 1. The lowest BCUT2D eigenvalue weighted by Gasteiger charge is -2.13. The second-order valence-corrected chi connectivity index (χ2v) is 5.28. The highest BCUT2D eigenvalue weighted by Gasteiger charge is 2.03. The molecule has 0 aliphatic heterocycles. The number of rotatable bonds is 10. The SMILES string of the molecule is CCOC(=O)CCCCCCN(Cl)Cc1ccccc1. The van der Waals surface area contributed by atoms with Gasteiger partial charge in [-0.2, -0.15) is 0 Å². The van der Waals surface area contributed by atoms with E-state index < -0.39 is 0 Å². The molecular formula is C16H24ClNO2. The van der Waals surface area contributed by atoms with Crippen LogP contribution in [0, 0.1) is 0 Å². The largest absolute Gasteiger partial charge is 0.466 e. The molecule has 0 bridgehead atoms. The molecule has 1 aromatic rings. The third-order valence-electron chi connectivity index (χ3n) is 3.03.